The molecule has 0 spiro atoms. The van der Waals surface area contributed by atoms with E-state index in [1.54, 1.807) is 0 Å². The lowest BCUT2D eigenvalue weighted by molar-refractivity contribution is -0.156. The predicted molar refractivity (Wildman–Crippen MR) is 264 cm³/mol. The average molecular weight is 926 g/mol. The molecule has 384 valence electrons. The van der Waals surface area contributed by atoms with Crippen molar-refractivity contribution in [1.82, 2.24) is 4.90 Å². The fourth-order valence-electron chi connectivity index (χ4n) is 8.13. The first-order chi connectivity index (χ1) is 31.8. The fraction of sp³-hybridized carbons (Fsp3) is 0.944. The lowest BCUT2D eigenvalue weighted by Crippen LogP contribution is -2.29. The van der Waals surface area contributed by atoms with Crippen LogP contribution in [0.15, 0.2) is 0 Å². The highest BCUT2D eigenvalue weighted by molar-refractivity contribution is 5.73. The van der Waals surface area contributed by atoms with Crippen molar-refractivity contribution in [3.05, 3.63) is 0 Å². The van der Waals surface area contributed by atoms with E-state index in [2.05, 4.69) is 32.6 Å². The number of likely N-dealkylation sites (tertiary alicyclic amines) is 1. The molecule has 1 atom stereocenters. The molecule has 0 aromatic heterocycles. The molecule has 1 rings (SSSR count). The summed E-state index contributed by atoms with van der Waals surface area (Å²) in [6.07, 6.45) is 34.3. The summed E-state index contributed by atoms with van der Waals surface area (Å²) in [5.74, 6) is -1.50. The molecule has 1 aliphatic rings. The van der Waals surface area contributed by atoms with Gasteiger partial charge in [-0.1, -0.05) is 156 Å². The Morgan fingerprint density at radius 2 is 0.785 bits per heavy atom. The predicted octanol–water partition coefficient (Wildman–Crippen LogP) is 13.5. The molecule has 0 saturated carbocycles. The lowest BCUT2D eigenvalue weighted by atomic mass is 10.1. The number of esters is 3. The van der Waals surface area contributed by atoms with Gasteiger partial charge in [0.25, 0.3) is 0 Å². The Balaban J connectivity index is 2.58. The van der Waals surface area contributed by atoms with Gasteiger partial charge in [-0.2, -0.15) is 0 Å². The van der Waals surface area contributed by atoms with E-state index >= 15 is 0 Å². The van der Waals surface area contributed by atoms with Gasteiger partial charge in [-0.15, -0.1) is 0 Å². The normalized spacial score (nSPS) is 14.3. The Labute approximate surface area is 399 Å². The molecule has 1 saturated heterocycles. The van der Waals surface area contributed by atoms with Gasteiger partial charge in [-0.25, -0.2) is 0 Å². The molecule has 1 aliphatic heterocycles. The van der Waals surface area contributed by atoms with Crippen molar-refractivity contribution in [3.8, 4) is 0 Å². The number of hydrogen-bond donors (Lipinski definition) is 0. The Hall–Kier alpha value is -1.79. The van der Waals surface area contributed by atoms with Crippen molar-refractivity contribution in [2.24, 2.45) is 11.8 Å². The molecule has 0 aromatic rings. The van der Waals surface area contributed by atoms with Crippen LogP contribution in [0.4, 0.5) is 0 Å². The molecule has 1 fully saturated rings. The van der Waals surface area contributed by atoms with Crippen LogP contribution in [0, 0.1) is 11.8 Å². The lowest BCUT2D eigenvalue weighted by Gasteiger charge is -2.20. The van der Waals surface area contributed by atoms with Gasteiger partial charge in [0.2, 0.25) is 0 Å². The number of nitrogens with zero attached hydrogens (tertiary/aromatic N) is 1. The van der Waals surface area contributed by atoms with Crippen LogP contribution in [-0.2, 0) is 47.5 Å². The third-order valence-corrected chi connectivity index (χ3v) is 12.5. The number of carbonyl (C=O) groups excluding carboxylic acids is 3. The van der Waals surface area contributed by atoms with Crippen LogP contribution in [0.2, 0.25) is 0 Å². The van der Waals surface area contributed by atoms with E-state index in [0.29, 0.717) is 45.8 Å². The standard InChI is InChI=1S/C54H103NO10/c1-6-10-14-18-22-30-40-59-52(60-41-31-23-19-15-11-7-2)36-28-26-34-50(56)63-45-48(47-65-54(58)49-38-39-55(5)44-49)46-64-51(57)35-27-29-37-53(61-42-32-24-20-16-12-8-3)62-43-33-25-21-17-13-9-4/h48-49,52-53H,6-47H2,1-5H3. The Morgan fingerprint density at radius 1 is 0.446 bits per heavy atom. The quantitative estimate of drug-likeness (QED) is 0.0251. The van der Waals surface area contributed by atoms with E-state index in [0.717, 1.165) is 64.3 Å². The molecule has 65 heavy (non-hydrogen) atoms. The van der Waals surface area contributed by atoms with E-state index in [-0.39, 0.29) is 69.1 Å². The minimum atomic E-state index is -0.448. The van der Waals surface area contributed by atoms with Gasteiger partial charge in [0.05, 0.1) is 11.8 Å². The maximum Gasteiger partial charge on any atom is 0.310 e. The first kappa shape index (κ1) is 61.2. The first-order valence-electron chi connectivity index (χ1n) is 27.4. The second-order valence-electron chi connectivity index (χ2n) is 19.0. The van der Waals surface area contributed by atoms with Crippen LogP contribution in [0.25, 0.3) is 0 Å². The highest BCUT2D eigenvalue weighted by atomic mass is 16.7. The highest BCUT2D eigenvalue weighted by Gasteiger charge is 2.28. The SMILES string of the molecule is CCCCCCCCOC(CCCCC(=O)OCC(COC(=O)CCCCC(OCCCCCCCC)OCCCCCCCC)COC(=O)C1CCN(C)C1)OCCCCCCCC. The van der Waals surface area contributed by atoms with Crippen molar-refractivity contribution in [1.29, 1.82) is 0 Å². The van der Waals surface area contributed by atoms with Crippen LogP contribution in [0.1, 0.15) is 240 Å². The van der Waals surface area contributed by atoms with Crippen LogP contribution in [0.5, 0.6) is 0 Å². The smallest absolute Gasteiger partial charge is 0.310 e. The van der Waals surface area contributed by atoms with Gasteiger partial charge in [0.1, 0.15) is 19.8 Å². The largest absolute Gasteiger partial charge is 0.465 e. The Kier molecular flexibility index (Phi) is 43.3. The minimum Gasteiger partial charge on any atom is -0.465 e. The van der Waals surface area contributed by atoms with Crippen molar-refractivity contribution >= 4 is 17.9 Å². The maximum atomic E-state index is 12.9. The van der Waals surface area contributed by atoms with Gasteiger partial charge in [-0.3, -0.25) is 14.4 Å². The van der Waals surface area contributed by atoms with Gasteiger partial charge in [0, 0.05) is 45.8 Å². The zero-order valence-electron chi connectivity index (χ0n) is 43.0. The summed E-state index contributed by atoms with van der Waals surface area (Å²) >= 11 is 0. The summed E-state index contributed by atoms with van der Waals surface area (Å²) in [5.41, 5.74) is 0. The molecule has 11 nitrogen and oxygen atoms in total. The topological polar surface area (TPSA) is 119 Å². The number of rotatable bonds is 49. The summed E-state index contributed by atoms with van der Waals surface area (Å²) in [6, 6.07) is 0. The summed E-state index contributed by atoms with van der Waals surface area (Å²) in [6.45, 7) is 13.3. The number of unbranched alkanes of at least 4 members (excludes halogenated alkanes) is 22. The zero-order valence-corrected chi connectivity index (χ0v) is 43.0. The maximum absolute atomic E-state index is 12.9. The van der Waals surface area contributed by atoms with Crippen molar-refractivity contribution in [2.75, 3.05) is 66.4 Å². The van der Waals surface area contributed by atoms with Crippen LogP contribution < -0.4 is 0 Å². The summed E-state index contributed by atoms with van der Waals surface area (Å²) in [7, 11) is 2.00. The highest BCUT2D eigenvalue weighted by Crippen LogP contribution is 2.19. The number of hydrogen-bond acceptors (Lipinski definition) is 11. The average Bonchev–Trinajstić information content (AvgIpc) is 3.75. The molecule has 0 aliphatic carbocycles. The van der Waals surface area contributed by atoms with E-state index in [1.165, 1.54) is 128 Å². The van der Waals surface area contributed by atoms with Crippen LogP contribution in [-0.4, -0.2) is 102 Å². The molecule has 1 unspecified atom stereocenters. The van der Waals surface area contributed by atoms with Gasteiger partial charge < -0.3 is 38.1 Å². The summed E-state index contributed by atoms with van der Waals surface area (Å²) in [5, 5.41) is 0. The molecule has 0 amide bonds. The third kappa shape index (κ3) is 38.8. The first-order valence-corrected chi connectivity index (χ1v) is 27.4. The fourth-order valence-corrected chi connectivity index (χ4v) is 8.13. The van der Waals surface area contributed by atoms with Crippen molar-refractivity contribution in [3.63, 3.8) is 0 Å². The van der Waals surface area contributed by atoms with Crippen molar-refractivity contribution < 1.29 is 47.5 Å². The monoisotopic (exact) mass is 926 g/mol. The molecule has 1 heterocycles. The zero-order chi connectivity index (χ0) is 47.3. The second kappa shape index (κ2) is 46.0. The molecule has 0 bridgehead atoms. The Morgan fingerprint density at radius 3 is 1.12 bits per heavy atom. The third-order valence-electron chi connectivity index (χ3n) is 12.5. The van der Waals surface area contributed by atoms with Crippen LogP contribution in [0.3, 0.4) is 0 Å². The summed E-state index contributed by atoms with van der Waals surface area (Å²) in [4.78, 5) is 40.8. The molecule has 0 aromatic carbocycles. The van der Waals surface area contributed by atoms with E-state index in [9.17, 15) is 14.4 Å². The number of ether oxygens (including phenoxy) is 7. The van der Waals surface area contributed by atoms with E-state index < -0.39 is 5.92 Å². The number of carbonyl (C=O) groups is 3. The minimum absolute atomic E-state index is 0.0168. The van der Waals surface area contributed by atoms with Crippen LogP contribution >= 0.6 is 0 Å². The van der Waals surface area contributed by atoms with Gasteiger partial charge in [-0.05, 0) is 84.2 Å². The Bertz CT molecular complexity index is 978. The molecular formula is C54H103NO10. The molecule has 11 heteroatoms. The van der Waals surface area contributed by atoms with Crippen molar-refractivity contribution in [2.45, 2.75) is 252 Å². The van der Waals surface area contributed by atoms with E-state index in [4.69, 9.17) is 33.2 Å². The molecule has 0 N–H and O–H groups in total. The second-order valence-corrected chi connectivity index (χ2v) is 19.0. The molecular weight excluding hydrogens is 823 g/mol. The summed E-state index contributed by atoms with van der Waals surface area (Å²) < 4.78 is 41.8. The van der Waals surface area contributed by atoms with Gasteiger partial charge >= 0.3 is 17.9 Å². The van der Waals surface area contributed by atoms with E-state index in [1.807, 2.05) is 7.05 Å². The molecule has 0 radical (unpaired) electrons. The van der Waals surface area contributed by atoms with Gasteiger partial charge in [0.15, 0.2) is 12.6 Å².